The molecule has 1 heterocycles. The van der Waals surface area contributed by atoms with E-state index in [2.05, 4.69) is 10.3 Å². The Morgan fingerprint density at radius 3 is 2.75 bits per heavy atom. The van der Waals surface area contributed by atoms with Crippen LogP contribution in [0.2, 0.25) is 0 Å². The fourth-order valence-electron chi connectivity index (χ4n) is 0.758. The highest BCUT2D eigenvalue weighted by atomic mass is 32.1. The van der Waals surface area contributed by atoms with Crippen molar-refractivity contribution in [1.82, 2.24) is 10.3 Å². The number of hydrogen-bond acceptors (Lipinski definition) is 4. The second-order valence-electron chi connectivity index (χ2n) is 3.08. The van der Waals surface area contributed by atoms with Gasteiger partial charge in [-0.3, -0.25) is 4.79 Å². The fourth-order valence-corrected chi connectivity index (χ4v) is 1.29. The molecule has 12 heavy (non-hydrogen) atoms. The number of carbonyl (C=O) groups excluding carboxylic acids is 1. The third-order valence-corrected chi connectivity index (χ3v) is 2.44. The first-order valence-corrected chi connectivity index (χ1v) is 4.64. The molecule has 66 valence electrons. The van der Waals surface area contributed by atoms with Gasteiger partial charge in [0.2, 0.25) is 5.78 Å². The van der Waals surface area contributed by atoms with Gasteiger partial charge in [0.25, 0.3) is 0 Å². The molecule has 3 nitrogen and oxygen atoms in total. The van der Waals surface area contributed by atoms with Gasteiger partial charge in [0, 0.05) is 5.38 Å². The van der Waals surface area contributed by atoms with Crippen molar-refractivity contribution in [3.05, 3.63) is 16.6 Å². The summed E-state index contributed by atoms with van der Waals surface area (Å²) >= 11 is 1.43. The van der Waals surface area contributed by atoms with E-state index in [1.54, 1.807) is 17.9 Å². The highest BCUT2D eigenvalue weighted by Crippen LogP contribution is 2.11. The molecule has 0 aliphatic heterocycles. The lowest BCUT2D eigenvalue weighted by molar-refractivity contribution is 0.0885. The summed E-state index contributed by atoms with van der Waals surface area (Å²) in [5, 5.41) is 4.71. The number of rotatable bonds is 3. The molecular formula is C8H12N2OS. The molecule has 0 unspecified atom stereocenters. The van der Waals surface area contributed by atoms with Crippen LogP contribution in [0.15, 0.2) is 10.9 Å². The molecule has 0 aromatic carbocycles. The van der Waals surface area contributed by atoms with E-state index in [0.717, 1.165) is 0 Å². The Labute approximate surface area is 75.8 Å². The summed E-state index contributed by atoms with van der Waals surface area (Å²) in [6.07, 6.45) is 0. The summed E-state index contributed by atoms with van der Waals surface area (Å²) in [4.78, 5) is 15.6. The van der Waals surface area contributed by atoms with E-state index < -0.39 is 5.54 Å². The van der Waals surface area contributed by atoms with Crippen LogP contribution in [0.5, 0.6) is 0 Å². The minimum Gasteiger partial charge on any atom is -0.308 e. The number of likely N-dealkylation sites (N-methyl/N-ethyl adjacent to an activating group) is 1. The van der Waals surface area contributed by atoms with E-state index in [4.69, 9.17) is 0 Å². The van der Waals surface area contributed by atoms with Crippen molar-refractivity contribution in [3.8, 4) is 0 Å². The first-order valence-electron chi connectivity index (χ1n) is 3.70. The van der Waals surface area contributed by atoms with Gasteiger partial charge in [0.15, 0.2) is 0 Å². The van der Waals surface area contributed by atoms with Gasteiger partial charge in [0.05, 0.1) is 11.0 Å². The number of Topliss-reactive ketones (excluding diaryl/α,β-unsaturated/α-hetero) is 1. The van der Waals surface area contributed by atoms with E-state index in [-0.39, 0.29) is 5.78 Å². The minimum absolute atomic E-state index is 0.0336. The van der Waals surface area contributed by atoms with Crippen molar-refractivity contribution >= 4 is 17.1 Å². The van der Waals surface area contributed by atoms with Crippen LogP contribution in [0.3, 0.4) is 0 Å². The first-order chi connectivity index (χ1) is 5.58. The maximum atomic E-state index is 11.6. The summed E-state index contributed by atoms with van der Waals surface area (Å²) in [6.45, 7) is 3.68. The van der Waals surface area contributed by atoms with Gasteiger partial charge >= 0.3 is 0 Å². The molecule has 1 aromatic rings. The normalized spacial score (nSPS) is 11.6. The molecule has 1 aromatic heterocycles. The van der Waals surface area contributed by atoms with Crippen LogP contribution in [-0.4, -0.2) is 23.4 Å². The van der Waals surface area contributed by atoms with Crippen molar-refractivity contribution in [1.29, 1.82) is 0 Å². The third-order valence-electron chi connectivity index (χ3n) is 1.86. The second kappa shape index (κ2) is 3.33. The quantitative estimate of drug-likeness (QED) is 0.720. The Kier molecular flexibility index (Phi) is 2.59. The highest BCUT2D eigenvalue weighted by Gasteiger charge is 2.27. The lowest BCUT2D eigenvalue weighted by atomic mass is 9.98. The molecule has 1 rings (SSSR count). The third kappa shape index (κ3) is 1.70. The van der Waals surface area contributed by atoms with E-state index in [9.17, 15) is 4.79 Å². The van der Waals surface area contributed by atoms with Crippen LogP contribution < -0.4 is 5.32 Å². The smallest absolute Gasteiger partial charge is 0.201 e. The van der Waals surface area contributed by atoms with E-state index >= 15 is 0 Å². The van der Waals surface area contributed by atoms with Crippen molar-refractivity contribution in [2.75, 3.05) is 7.05 Å². The largest absolute Gasteiger partial charge is 0.308 e. The zero-order valence-electron chi connectivity index (χ0n) is 7.42. The molecule has 0 amide bonds. The van der Waals surface area contributed by atoms with Crippen LogP contribution in [0.25, 0.3) is 0 Å². The summed E-state index contributed by atoms with van der Waals surface area (Å²) in [5.74, 6) is 0.0336. The van der Waals surface area contributed by atoms with E-state index in [0.29, 0.717) is 5.69 Å². The molecule has 0 fully saturated rings. The van der Waals surface area contributed by atoms with Gasteiger partial charge in [-0.25, -0.2) is 4.98 Å². The van der Waals surface area contributed by atoms with Crippen LogP contribution >= 0.6 is 11.3 Å². The number of nitrogens with one attached hydrogen (secondary N) is 1. The van der Waals surface area contributed by atoms with Gasteiger partial charge in [-0.05, 0) is 20.9 Å². The van der Waals surface area contributed by atoms with E-state index in [1.807, 2.05) is 13.8 Å². The Morgan fingerprint density at radius 2 is 2.33 bits per heavy atom. The van der Waals surface area contributed by atoms with Crippen molar-refractivity contribution < 1.29 is 4.79 Å². The molecule has 0 bridgehead atoms. The fraction of sp³-hybridized carbons (Fsp3) is 0.500. The minimum atomic E-state index is -0.520. The first kappa shape index (κ1) is 9.35. The maximum Gasteiger partial charge on any atom is 0.201 e. The van der Waals surface area contributed by atoms with E-state index in [1.165, 1.54) is 11.3 Å². The predicted octanol–water partition coefficient (Wildman–Crippen LogP) is 1.32. The number of carbonyl (C=O) groups is 1. The van der Waals surface area contributed by atoms with Crippen LogP contribution in [0.1, 0.15) is 24.3 Å². The van der Waals surface area contributed by atoms with Crippen LogP contribution in [0.4, 0.5) is 0 Å². The SMILES string of the molecule is CNC(C)(C)C(=O)c1cscn1. The molecule has 0 radical (unpaired) electrons. The molecule has 1 N–H and O–H groups in total. The average Bonchev–Trinajstić information content (AvgIpc) is 2.55. The van der Waals surface area contributed by atoms with Gasteiger partial charge in [-0.2, -0.15) is 0 Å². The predicted molar refractivity (Wildman–Crippen MR) is 49.6 cm³/mol. The summed E-state index contributed by atoms with van der Waals surface area (Å²) in [7, 11) is 1.77. The molecule has 4 heteroatoms. The molecular weight excluding hydrogens is 172 g/mol. The Morgan fingerprint density at radius 1 is 1.67 bits per heavy atom. The molecule has 0 spiro atoms. The number of thiazole rings is 1. The summed E-state index contributed by atoms with van der Waals surface area (Å²) < 4.78 is 0. The van der Waals surface area contributed by atoms with Crippen molar-refractivity contribution in [2.24, 2.45) is 0 Å². The molecule has 0 atom stereocenters. The number of aromatic nitrogens is 1. The average molecular weight is 184 g/mol. The second-order valence-corrected chi connectivity index (χ2v) is 3.80. The van der Waals surface area contributed by atoms with Crippen LogP contribution in [0, 0.1) is 0 Å². The molecule has 0 aliphatic rings. The maximum absolute atomic E-state index is 11.6. The zero-order valence-corrected chi connectivity index (χ0v) is 8.23. The standard InChI is InChI=1S/C8H12N2OS/c1-8(2,9-3)7(11)6-4-12-5-10-6/h4-5,9H,1-3H3. The number of hydrogen-bond donors (Lipinski definition) is 1. The zero-order chi connectivity index (χ0) is 9.19. The summed E-state index contributed by atoms with van der Waals surface area (Å²) in [6, 6.07) is 0. The topological polar surface area (TPSA) is 42.0 Å². The number of ketones is 1. The Balaban J connectivity index is 2.86. The molecule has 0 saturated heterocycles. The van der Waals surface area contributed by atoms with Crippen molar-refractivity contribution in [3.63, 3.8) is 0 Å². The van der Waals surface area contributed by atoms with Gasteiger partial charge < -0.3 is 5.32 Å². The lowest BCUT2D eigenvalue weighted by Gasteiger charge is -2.20. The van der Waals surface area contributed by atoms with Gasteiger partial charge in [0.1, 0.15) is 5.69 Å². The monoisotopic (exact) mass is 184 g/mol. The molecule has 0 aliphatic carbocycles. The van der Waals surface area contributed by atoms with Gasteiger partial charge in [-0.1, -0.05) is 0 Å². The lowest BCUT2D eigenvalue weighted by Crippen LogP contribution is -2.44. The van der Waals surface area contributed by atoms with Gasteiger partial charge in [-0.15, -0.1) is 11.3 Å². The van der Waals surface area contributed by atoms with Crippen molar-refractivity contribution in [2.45, 2.75) is 19.4 Å². The summed E-state index contributed by atoms with van der Waals surface area (Å²) in [5.41, 5.74) is 1.69. The number of nitrogens with zero attached hydrogens (tertiary/aromatic N) is 1. The molecule has 0 saturated carbocycles. The highest BCUT2D eigenvalue weighted by molar-refractivity contribution is 7.07. The van der Waals surface area contributed by atoms with Crippen LogP contribution in [-0.2, 0) is 0 Å². The Hall–Kier alpha value is -0.740. The Bertz CT molecular complexity index is 267.